The number of nitrogens with zero attached hydrogens (tertiary/aromatic N) is 2. The lowest BCUT2D eigenvalue weighted by atomic mass is 10.1. The Kier molecular flexibility index (Phi) is 6.63. The molecule has 6 nitrogen and oxygen atoms in total. The highest BCUT2D eigenvalue weighted by atomic mass is 32.1. The zero-order chi connectivity index (χ0) is 22.3. The zero-order valence-electron chi connectivity index (χ0n) is 17.5. The van der Waals surface area contributed by atoms with Crippen molar-refractivity contribution in [1.29, 1.82) is 5.26 Å². The fourth-order valence-electron chi connectivity index (χ4n) is 3.04. The van der Waals surface area contributed by atoms with Crippen LogP contribution < -0.4 is 15.7 Å². The number of hydrogen-bond donors (Lipinski definition) is 1. The zero-order valence-corrected chi connectivity index (χ0v) is 18.3. The minimum Gasteiger partial charge on any atom is -0.494 e. The molecule has 0 radical (unpaired) electrons. The van der Waals surface area contributed by atoms with Crippen LogP contribution in [0.25, 0.3) is 27.8 Å². The number of nitriles is 1. The summed E-state index contributed by atoms with van der Waals surface area (Å²) in [4.78, 5) is 16.9. The Labute approximate surface area is 189 Å². The summed E-state index contributed by atoms with van der Waals surface area (Å²) in [5.41, 5.74) is 2.12. The van der Waals surface area contributed by atoms with Crippen LogP contribution in [0.3, 0.4) is 0 Å². The highest BCUT2D eigenvalue weighted by Gasteiger charge is 2.13. The van der Waals surface area contributed by atoms with E-state index in [0.29, 0.717) is 34.0 Å². The van der Waals surface area contributed by atoms with Crippen LogP contribution in [0.1, 0.15) is 24.8 Å². The molecule has 1 N–H and O–H groups in total. The van der Waals surface area contributed by atoms with E-state index in [-0.39, 0.29) is 0 Å². The van der Waals surface area contributed by atoms with Gasteiger partial charge in [0.1, 0.15) is 28.0 Å². The number of para-hydroxylation sites is 1. The van der Waals surface area contributed by atoms with Crippen molar-refractivity contribution in [3.05, 3.63) is 81.6 Å². The fraction of sp³-hybridized carbons (Fsp3) is 0.160. The lowest BCUT2D eigenvalue weighted by Crippen LogP contribution is -2.02. The number of fused-ring (bicyclic) bond motifs is 1. The Balaban J connectivity index is 1.51. The van der Waals surface area contributed by atoms with E-state index in [1.54, 1.807) is 23.7 Å². The second-order valence-corrected chi connectivity index (χ2v) is 7.92. The van der Waals surface area contributed by atoms with Gasteiger partial charge >= 0.3 is 5.63 Å². The number of nitrogens with one attached hydrogen (secondary N) is 1. The number of thiazole rings is 1. The first-order valence-corrected chi connectivity index (χ1v) is 11.1. The number of ether oxygens (including phenoxy) is 1. The number of rotatable bonds is 8. The van der Waals surface area contributed by atoms with E-state index < -0.39 is 5.63 Å². The topological polar surface area (TPSA) is 88.2 Å². The second-order valence-electron chi connectivity index (χ2n) is 7.06. The second kappa shape index (κ2) is 9.94. The van der Waals surface area contributed by atoms with Crippen LogP contribution in [0.4, 0.5) is 5.69 Å². The van der Waals surface area contributed by atoms with E-state index in [4.69, 9.17) is 9.15 Å². The van der Waals surface area contributed by atoms with Crippen molar-refractivity contribution < 1.29 is 9.15 Å². The van der Waals surface area contributed by atoms with Crippen molar-refractivity contribution in [1.82, 2.24) is 4.98 Å². The highest BCUT2D eigenvalue weighted by Crippen LogP contribution is 2.26. The molecule has 0 fully saturated rings. The van der Waals surface area contributed by atoms with Crippen molar-refractivity contribution in [3.63, 3.8) is 0 Å². The van der Waals surface area contributed by atoms with Gasteiger partial charge in [0.2, 0.25) is 0 Å². The number of anilines is 1. The normalized spacial score (nSPS) is 11.3. The third kappa shape index (κ3) is 4.88. The number of benzene rings is 2. The molecule has 4 aromatic rings. The van der Waals surface area contributed by atoms with Crippen LogP contribution in [-0.2, 0) is 0 Å². The van der Waals surface area contributed by atoms with Crippen LogP contribution in [0.15, 0.2) is 75.4 Å². The first-order valence-electron chi connectivity index (χ1n) is 10.3. The number of aromatic nitrogens is 1. The van der Waals surface area contributed by atoms with Gasteiger partial charge in [-0.25, -0.2) is 9.78 Å². The molecule has 0 saturated heterocycles. The largest absolute Gasteiger partial charge is 0.494 e. The first kappa shape index (κ1) is 21.3. The van der Waals surface area contributed by atoms with Crippen molar-refractivity contribution in [2.45, 2.75) is 19.8 Å². The van der Waals surface area contributed by atoms with Gasteiger partial charge in [-0.2, -0.15) is 5.26 Å². The predicted molar refractivity (Wildman–Crippen MR) is 128 cm³/mol. The molecule has 0 aliphatic rings. The summed E-state index contributed by atoms with van der Waals surface area (Å²) in [5.74, 6) is 0.812. The fourth-order valence-corrected chi connectivity index (χ4v) is 3.83. The summed E-state index contributed by atoms with van der Waals surface area (Å²) in [6, 6.07) is 18.8. The molecule has 4 rings (SSSR count). The molecule has 7 heteroatoms. The maximum Gasteiger partial charge on any atom is 0.345 e. The average molecular weight is 444 g/mol. The third-order valence-corrected chi connectivity index (χ3v) is 5.65. The molecular weight excluding hydrogens is 422 g/mol. The van der Waals surface area contributed by atoms with Gasteiger partial charge in [0.05, 0.1) is 17.9 Å². The van der Waals surface area contributed by atoms with Gasteiger partial charge in [0.25, 0.3) is 0 Å². The van der Waals surface area contributed by atoms with Crippen LogP contribution >= 0.6 is 11.3 Å². The van der Waals surface area contributed by atoms with Crippen molar-refractivity contribution in [2.24, 2.45) is 0 Å². The number of allylic oxidation sites excluding steroid dienone is 1. The molecule has 0 amide bonds. The van der Waals surface area contributed by atoms with Gasteiger partial charge in [-0.3, -0.25) is 0 Å². The third-order valence-electron chi connectivity index (χ3n) is 4.78. The molecule has 0 bridgehead atoms. The maximum absolute atomic E-state index is 12.4. The lowest BCUT2D eigenvalue weighted by molar-refractivity contribution is 0.309. The Morgan fingerprint density at radius 3 is 2.84 bits per heavy atom. The van der Waals surface area contributed by atoms with Gasteiger partial charge in [0.15, 0.2) is 0 Å². The Hall–Kier alpha value is -3.89. The molecule has 2 aromatic carbocycles. The summed E-state index contributed by atoms with van der Waals surface area (Å²) in [6.07, 6.45) is 3.72. The van der Waals surface area contributed by atoms with Gasteiger partial charge in [-0.05, 0) is 42.8 Å². The molecule has 0 aliphatic carbocycles. The van der Waals surface area contributed by atoms with Crippen molar-refractivity contribution in [3.8, 4) is 23.1 Å². The molecule has 0 aliphatic heterocycles. The Morgan fingerprint density at radius 2 is 2.06 bits per heavy atom. The number of unbranched alkanes of at least 4 members (excludes halogenated alkanes) is 1. The van der Waals surface area contributed by atoms with E-state index in [9.17, 15) is 10.1 Å². The summed E-state index contributed by atoms with van der Waals surface area (Å²) in [5, 5.41) is 15.8. The lowest BCUT2D eigenvalue weighted by Gasteiger charge is -2.06. The van der Waals surface area contributed by atoms with Gasteiger partial charge in [-0.15, -0.1) is 11.3 Å². The van der Waals surface area contributed by atoms with Gasteiger partial charge in [0, 0.05) is 22.7 Å². The molecule has 0 atom stereocenters. The number of hydrogen-bond acceptors (Lipinski definition) is 7. The Bertz CT molecular complexity index is 1350. The average Bonchev–Trinajstić information content (AvgIpc) is 3.30. The van der Waals surface area contributed by atoms with E-state index in [1.165, 1.54) is 11.3 Å². The molecule has 160 valence electrons. The molecule has 2 heterocycles. The summed E-state index contributed by atoms with van der Waals surface area (Å²) >= 11 is 1.30. The quantitative estimate of drug-likeness (QED) is 0.202. The van der Waals surface area contributed by atoms with Gasteiger partial charge < -0.3 is 14.5 Å². The smallest absolute Gasteiger partial charge is 0.345 e. The molecule has 0 saturated carbocycles. The highest BCUT2D eigenvalue weighted by molar-refractivity contribution is 7.11. The van der Waals surface area contributed by atoms with Crippen LogP contribution in [0.5, 0.6) is 5.75 Å². The summed E-state index contributed by atoms with van der Waals surface area (Å²) in [6.45, 7) is 2.82. The van der Waals surface area contributed by atoms with Crippen molar-refractivity contribution in [2.75, 3.05) is 11.9 Å². The summed E-state index contributed by atoms with van der Waals surface area (Å²) < 4.78 is 11.1. The van der Waals surface area contributed by atoms with E-state index >= 15 is 0 Å². The van der Waals surface area contributed by atoms with Crippen LogP contribution in [0, 0.1) is 11.3 Å². The van der Waals surface area contributed by atoms with E-state index in [2.05, 4.69) is 23.3 Å². The van der Waals surface area contributed by atoms with E-state index in [1.807, 2.05) is 42.5 Å². The SMILES string of the molecule is CCCCOc1ccc(N/C=C(\C#N)c2nc(-c3cc4ccccc4oc3=O)cs2)cc1. The van der Waals surface area contributed by atoms with Crippen LogP contribution in [-0.4, -0.2) is 11.6 Å². The van der Waals surface area contributed by atoms with E-state index in [0.717, 1.165) is 29.7 Å². The first-order chi connectivity index (χ1) is 15.7. The minimum atomic E-state index is -0.456. The summed E-state index contributed by atoms with van der Waals surface area (Å²) in [7, 11) is 0. The molecule has 2 aromatic heterocycles. The van der Waals surface area contributed by atoms with Crippen LogP contribution in [0.2, 0.25) is 0 Å². The standard InChI is InChI=1S/C25H21N3O3S/c1-2-3-12-30-20-10-8-19(9-11-20)27-15-18(14-26)24-28-22(16-32-24)21-13-17-6-4-5-7-23(17)31-25(21)29/h4-11,13,15-16,27H,2-3,12H2,1H3/b18-15+. The predicted octanol–water partition coefficient (Wildman–Crippen LogP) is 6.07. The maximum atomic E-state index is 12.4. The molecule has 0 unspecified atom stereocenters. The molecule has 0 spiro atoms. The van der Waals surface area contributed by atoms with Gasteiger partial charge in [-0.1, -0.05) is 31.5 Å². The minimum absolute atomic E-state index is 0.370. The Morgan fingerprint density at radius 1 is 1.25 bits per heavy atom. The van der Waals surface area contributed by atoms with Crippen molar-refractivity contribution >= 4 is 33.6 Å². The molecular formula is C25H21N3O3S. The monoisotopic (exact) mass is 443 g/mol. The molecule has 32 heavy (non-hydrogen) atoms.